The van der Waals surface area contributed by atoms with Gasteiger partial charge in [0.25, 0.3) is 5.97 Å². The molecule has 2 rings (SSSR count). The van der Waals surface area contributed by atoms with Gasteiger partial charge in [-0.3, -0.25) is 9.59 Å². The van der Waals surface area contributed by atoms with E-state index in [2.05, 4.69) is 0 Å². The Balaban J connectivity index is 0.000000541. The van der Waals surface area contributed by atoms with Gasteiger partial charge in [0.15, 0.2) is 5.78 Å². The number of carbonyl (C=O) groups is 2. The van der Waals surface area contributed by atoms with Crippen LogP contribution in [0.5, 0.6) is 0 Å². The third-order valence-corrected chi connectivity index (χ3v) is 2.77. The molecule has 0 aliphatic heterocycles. The van der Waals surface area contributed by atoms with Crippen molar-refractivity contribution in [3.05, 3.63) is 59.7 Å². The average molecular weight is 302 g/mol. The van der Waals surface area contributed by atoms with Crippen LogP contribution in [-0.2, 0) is 4.79 Å². The monoisotopic (exact) mass is 302 g/mol. The van der Waals surface area contributed by atoms with Gasteiger partial charge in [0, 0.05) is 12.5 Å². The second-order valence-corrected chi connectivity index (χ2v) is 4.50. The van der Waals surface area contributed by atoms with Gasteiger partial charge >= 0.3 is 0 Å². The fraction of sp³-hybridized carbons (Fsp3) is 0.125. The molecule has 2 aromatic rings. The zero-order valence-corrected chi connectivity index (χ0v) is 12.1. The van der Waals surface area contributed by atoms with Crippen LogP contribution in [0.3, 0.4) is 0 Å². The van der Waals surface area contributed by atoms with E-state index in [4.69, 9.17) is 21.4 Å². The average Bonchev–Trinajstić information content (AvgIpc) is 2.49. The first-order chi connectivity index (χ1) is 10.3. The normalized spacial score (nSPS) is 11.0. The summed E-state index contributed by atoms with van der Waals surface area (Å²) in [5, 5.41) is 17.4. The van der Waals surface area contributed by atoms with Crippen LogP contribution in [-0.4, -0.2) is 22.0 Å². The van der Waals surface area contributed by atoms with Gasteiger partial charge in [0.1, 0.15) is 6.10 Å². The van der Waals surface area contributed by atoms with E-state index in [1.807, 2.05) is 6.07 Å². The Labute approximate surface area is 128 Å². The molecule has 22 heavy (non-hydrogen) atoms. The van der Waals surface area contributed by atoms with E-state index in [0.717, 1.165) is 6.92 Å². The smallest absolute Gasteiger partial charge is 0.300 e. The van der Waals surface area contributed by atoms with E-state index in [-0.39, 0.29) is 11.3 Å². The SMILES string of the molecule is CC(=O)O.Nc1cccc(C(=O)C(O)c2ccccc2)c1N. The second-order valence-electron chi connectivity index (χ2n) is 4.50. The molecule has 1 atom stereocenters. The summed E-state index contributed by atoms with van der Waals surface area (Å²) in [4.78, 5) is 21.1. The number of aliphatic hydroxyl groups is 1. The first-order valence-electron chi connectivity index (χ1n) is 6.45. The van der Waals surface area contributed by atoms with E-state index in [1.54, 1.807) is 42.5 Å². The highest BCUT2D eigenvalue weighted by Gasteiger charge is 2.21. The van der Waals surface area contributed by atoms with Gasteiger partial charge in [-0.15, -0.1) is 0 Å². The van der Waals surface area contributed by atoms with Crippen molar-refractivity contribution in [3.8, 4) is 0 Å². The maximum absolute atomic E-state index is 12.1. The minimum Gasteiger partial charge on any atom is -0.481 e. The minimum atomic E-state index is -1.23. The highest BCUT2D eigenvalue weighted by atomic mass is 16.4. The third kappa shape index (κ3) is 4.60. The summed E-state index contributed by atoms with van der Waals surface area (Å²) < 4.78 is 0. The number of carbonyl (C=O) groups excluding carboxylic acids is 1. The van der Waals surface area contributed by atoms with Crippen molar-refractivity contribution < 1.29 is 19.8 Å². The predicted octanol–water partition coefficient (Wildman–Crippen LogP) is 1.86. The molecule has 0 amide bonds. The van der Waals surface area contributed by atoms with Gasteiger partial charge < -0.3 is 21.7 Å². The molecular weight excluding hydrogens is 284 g/mol. The standard InChI is InChI=1S/C14H14N2O2.C2H4O2/c15-11-8-4-7-10(12(11)16)14(18)13(17)9-5-2-1-3-6-9;1-2(3)4/h1-8,13,17H,15-16H2;1H3,(H,3,4). The molecule has 0 aliphatic rings. The molecule has 6 nitrogen and oxygen atoms in total. The molecule has 6 N–H and O–H groups in total. The molecule has 0 aliphatic carbocycles. The Hall–Kier alpha value is -2.86. The van der Waals surface area contributed by atoms with Crippen molar-refractivity contribution in [2.45, 2.75) is 13.0 Å². The van der Waals surface area contributed by atoms with Gasteiger partial charge in [-0.2, -0.15) is 0 Å². The molecule has 0 saturated heterocycles. The lowest BCUT2D eigenvalue weighted by atomic mass is 9.98. The first kappa shape index (κ1) is 17.2. The number of carboxylic acid groups (broad SMARTS) is 1. The zero-order chi connectivity index (χ0) is 16.7. The Morgan fingerprint density at radius 2 is 1.55 bits per heavy atom. The zero-order valence-electron chi connectivity index (χ0n) is 12.1. The van der Waals surface area contributed by atoms with Gasteiger partial charge in [0.05, 0.1) is 11.4 Å². The number of nitrogens with two attached hydrogens (primary N) is 2. The molecular formula is C16H18N2O4. The largest absolute Gasteiger partial charge is 0.481 e. The lowest BCUT2D eigenvalue weighted by molar-refractivity contribution is -0.134. The summed E-state index contributed by atoms with van der Waals surface area (Å²) in [6, 6.07) is 13.5. The number of carboxylic acids is 1. The number of benzene rings is 2. The van der Waals surface area contributed by atoms with Crippen LogP contribution >= 0.6 is 0 Å². The maximum atomic E-state index is 12.1. The van der Waals surface area contributed by atoms with E-state index >= 15 is 0 Å². The number of hydrogen-bond acceptors (Lipinski definition) is 5. The van der Waals surface area contributed by atoms with Crippen LogP contribution in [0, 0.1) is 0 Å². The fourth-order valence-electron chi connectivity index (χ4n) is 1.73. The molecule has 0 aromatic heterocycles. The molecule has 116 valence electrons. The van der Waals surface area contributed by atoms with Crippen molar-refractivity contribution in [2.24, 2.45) is 0 Å². The Morgan fingerprint density at radius 3 is 2.09 bits per heavy atom. The summed E-state index contributed by atoms with van der Waals surface area (Å²) in [5.41, 5.74) is 12.7. The fourth-order valence-corrected chi connectivity index (χ4v) is 1.73. The van der Waals surface area contributed by atoms with Crippen LogP contribution in [0.4, 0.5) is 11.4 Å². The molecule has 6 heteroatoms. The van der Waals surface area contributed by atoms with E-state index in [0.29, 0.717) is 11.3 Å². The molecule has 0 bridgehead atoms. The molecule has 0 fully saturated rings. The van der Waals surface area contributed by atoms with E-state index in [9.17, 15) is 9.90 Å². The molecule has 1 unspecified atom stereocenters. The Bertz CT molecular complexity index is 652. The van der Waals surface area contributed by atoms with Crippen molar-refractivity contribution in [2.75, 3.05) is 11.5 Å². The maximum Gasteiger partial charge on any atom is 0.300 e. The van der Waals surface area contributed by atoms with Crippen molar-refractivity contribution in [3.63, 3.8) is 0 Å². The van der Waals surface area contributed by atoms with Crippen molar-refractivity contribution in [1.82, 2.24) is 0 Å². The number of aliphatic hydroxyl groups excluding tert-OH is 1. The molecule has 2 aromatic carbocycles. The molecule has 0 heterocycles. The van der Waals surface area contributed by atoms with Crippen LogP contribution in [0.1, 0.15) is 28.9 Å². The Kier molecular flexibility index (Phi) is 6.09. The highest BCUT2D eigenvalue weighted by molar-refractivity contribution is 6.05. The van der Waals surface area contributed by atoms with Gasteiger partial charge in [-0.05, 0) is 17.7 Å². The van der Waals surface area contributed by atoms with Crippen LogP contribution in [0.15, 0.2) is 48.5 Å². The van der Waals surface area contributed by atoms with Crippen molar-refractivity contribution in [1.29, 1.82) is 0 Å². The summed E-state index contributed by atoms with van der Waals surface area (Å²) in [6.07, 6.45) is -1.23. The first-order valence-corrected chi connectivity index (χ1v) is 6.45. The predicted molar refractivity (Wildman–Crippen MR) is 84.3 cm³/mol. The topological polar surface area (TPSA) is 127 Å². The third-order valence-electron chi connectivity index (χ3n) is 2.77. The quantitative estimate of drug-likeness (QED) is 0.506. The second kappa shape index (κ2) is 7.80. The number of para-hydroxylation sites is 1. The number of nitrogen functional groups attached to an aromatic ring is 2. The van der Waals surface area contributed by atoms with Gasteiger partial charge in [-0.1, -0.05) is 36.4 Å². The lowest BCUT2D eigenvalue weighted by Crippen LogP contribution is -2.14. The number of anilines is 2. The summed E-state index contributed by atoms with van der Waals surface area (Å²) in [7, 11) is 0. The van der Waals surface area contributed by atoms with Crippen LogP contribution in [0.25, 0.3) is 0 Å². The summed E-state index contributed by atoms with van der Waals surface area (Å²) >= 11 is 0. The molecule has 0 radical (unpaired) electrons. The van der Waals surface area contributed by atoms with E-state index < -0.39 is 17.9 Å². The highest BCUT2D eigenvalue weighted by Crippen LogP contribution is 2.25. The van der Waals surface area contributed by atoms with E-state index in [1.165, 1.54) is 0 Å². The lowest BCUT2D eigenvalue weighted by Gasteiger charge is -2.12. The molecule has 0 saturated carbocycles. The number of ketones is 1. The number of hydrogen-bond donors (Lipinski definition) is 4. The van der Waals surface area contributed by atoms with Crippen molar-refractivity contribution >= 4 is 23.1 Å². The number of aliphatic carboxylic acids is 1. The minimum absolute atomic E-state index is 0.206. The van der Waals surface area contributed by atoms with Crippen LogP contribution in [0.2, 0.25) is 0 Å². The summed E-state index contributed by atoms with van der Waals surface area (Å²) in [6.45, 7) is 1.08. The van der Waals surface area contributed by atoms with Crippen LogP contribution < -0.4 is 11.5 Å². The van der Waals surface area contributed by atoms with Gasteiger partial charge in [-0.25, -0.2) is 0 Å². The van der Waals surface area contributed by atoms with Gasteiger partial charge in [0.2, 0.25) is 0 Å². The molecule has 0 spiro atoms. The summed E-state index contributed by atoms with van der Waals surface area (Å²) in [5.74, 6) is -1.29. The number of Topliss-reactive ketones (excluding diaryl/α,β-unsaturated/α-hetero) is 1. The number of rotatable bonds is 3. The Morgan fingerprint density at radius 1 is 1.00 bits per heavy atom.